The molecule has 0 aliphatic heterocycles. The maximum Gasteiger partial charge on any atom is 0.143 e. The monoisotopic (exact) mass is 209 g/mol. The van der Waals surface area contributed by atoms with Crippen LogP contribution in [0.15, 0.2) is 18.5 Å². The fourth-order valence-electron chi connectivity index (χ4n) is 1.34. The Bertz CT molecular complexity index is 287. The summed E-state index contributed by atoms with van der Waals surface area (Å²) in [6, 6.07) is 1.78. The van der Waals surface area contributed by atoms with E-state index in [1.54, 1.807) is 18.5 Å². The van der Waals surface area contributed by atoms with Crippen LogP contribution >= 0.6 is 0 Å². The van der Waals surface area contributed by atoms with Crippen molar-refractivity contribution in [2.75, 3.05) is 6.61 Å². The standard InChI is InChI=1S/C12H19NO2/c1-10(2)4-3-7-15-12-8-13-6-5-11(12)9-14/h5-6,8,10,14H,3-4,7,9H2,1-2H3. The molecular formula is C12H19NO2. The fraction of sp³-hybridized carbons (Fsp3) is 0.583. The van der Waals surface area contributed by atoms with Gasteiger partial charge in [-0.1, -0.05) is 13.8 Å². The molecule has 0 spiro atoms. The lowest BCUT2D eigenvalue weighted by molar-refractivity contribution is 0.257. The Balaban J connectivity index is 2.36. The average Bonchev–Trinajstić information content (AvgIpc) is 2.24. The third-order valence-corrected chi connectivity index (χ3v) is 2.22. The van der Waals surface area contributed by atoms with Gasteiger partial charge in [-0.3, -0.25) is 4.98 Å². The Hall–Kier alpha value is -1.09. The number of rotatable bonds is 6. The number of hydrogen-bond donors (Lipinski definition) is 1. The molecule has 0 radical (unpaired) electrons. The predicted molar refractivity (Wildman–Crippen MR) is 59.7 cm³/mol. The van der Waals surface area contributed by atoms with Gasteiger partial charge in [-0.05, 0) is 24.8 Å². The second-order valence-corrected chi connectivity index (χ2v) is 4.03. The predicted octanol–water partition coefficient (Wildman–Crippen LogP) is 2.39. The van der Waals surface area contributed by atoms with Gasteiger partial charge in [0, 0.05) is 11.8 Å². The lowest BCUT2D eigenvalue weighted by atomic mass is 10.1. The lowest BCUT2D eigenvalue weighted by Gasteiger charge is -2.09. The third kappa shape index (κ3) is 4.30. The van der Waals surface area contributed by atoms with E-state index in [0.29, 0.717) is 18.3 Å². The van der Waals surface area contributed by atoms with E-state index >= 15 is 0 Å². The van der Waals surface area contributed by atoms with Gasteiger partial charge in [0.05, 0.1) is 19.4 Å². The molecule has 3 heteroatoms. The molecule has 0 saturated carbocycles. The summed E-state index contributed by atoms with van der Waals surface area (Å²) >= 11 is 0. The summed E-state index contributed by atoms with van der Waals surface area (Å²) in [6.07, 6.45) is 5.51. The molecule has 0 saturated heterocycles. The van der Waals surface area contributed by atoms with Crippen LogP contribution in [0.25, 0.3) is 0 Å². The minimum atomic E-state index is 0.00202. The summed E-state index contributed by atoms with van der Waals surface area (Å²) in [6.45, 7) is 5.09. The van der Waals surface area contributed by atoms with Crippen molar-refractivity contribution in [1.82, 2.24) is 4.98 Å². The smallest absolute Gasteiger partial charge is 0.143 e. The number of aromatic nitrogens is 1. The maximum absolute atomic E-state index is 9.06. The van der Waals surface area contributed by atoms with Crippen molar-refractivity contribution in [2.24, 2.45) is 5.92 Å². The molecular weight excluding hydrogens is 190 g/mol. The molecule has 0 fully saturated rings. The molecule has 15 heavy (non-hydrogen) atoms. The van der Waals surface area contributed by atoms with Gasteiger partial charge in [0.1, 0.15) is 5.75 Å². The van der Waals surface area contributed by atoms with Gasteiger partial charge < -0.3 is 9.84 Å². The van der Waals surface area contributed by atoms with E-state index in [1.165, 1.54) is 0 Å². The number of aliphatic hydroxyl groups is 1. The molecule has 3 nitrogen and oxygen atoms in total. The van der Waals surface area contributed by atoms with Crippen LogP contribution in [-0.2, 0) is 6.61 Å². The average molecular weight is 209 g/mol. The van der Waals surface area contributed by atoms with Crippen LogP contribution in [0.4, 0.5) is 0 Å². The van der Waals surface area contributed by atoms with Crippen molar-refractivity contribution < 1.29 is 9.84 Å². The Morgan fingerprint density at radius 3 is 2.93 bits per heavy atom. The minimum absolute atomic E-state index is 0.00202. The normalized spacial score (nSPS) is 10.7. The lowest BCUT2D eigenvalue weighted by Crippen LogP contribution is -2.02. The zero-order valence-corrected chi connectivity index (χ0v) is 9.44. The van der Waals surface area contributed by atoms with Gasteiger partial charge in [0.25, 0.3) is 0 Å². The zero-order chi connectivity index (χ0) is 11.1. The molecule has 0 unspecified atom stereocenters. The first-order valence-electron chi connectivity index (χ1n) is 5.40. The topological polar surface area (TPSA) is 42.4 Å². The minimum Gasteiger partial charge on any atom is -0.492 e. The molecule has 1 aromatic rings. The van der Waals surface area contributed by atoms with E-state index in [9.17, 15) is 0 Å². The summed E-state index contributed by atoms with van der Waals surface area (Å²) in [4.78, 5) is 3.97. The highest BCUT2D eigenvalue weighted by atomic mass is 16.5. The van der Waals surface area contributed by atoms with Crippen LogP contribution < -0.4 is 4.74 Å². The van der Waals surface area contributed by atoms with Gasteiger partial charge in [0.2, 0.25) is 0 Å². The van der Waals surface area contributed by atoms with Crippen LogP contribution in [-0.4, -0.2) is 16.7 Å². The Morgan fingerprint density at radius 1 is 1.47 bits per heavy atom. The number of ether oxygens (including phenoxy) is 1. The van der Waals surface area contributed by atoms with Crippen molar-refractivity contribution in [3.05, 3.63) is 24.0 Å². The first-order valence-corrected chi connectivity index (χ1v) is 5.40. The molecule has 0 amide bonds. The van der Waals surface area contributed by atoms with E-state index in [1.807, 2.05) is 0 Å². The fourth-order valence-corrected chi connectivity index (χ4v) is 1.34. The molecule has 1 aromatic heterocycles. The number of pyridine rings is 1. The number of hydrogen-bond acceptors (Lipinski definition) is 3. The second-order valence-electron chi connectivity index (χ2n) is 4.03. The van der Waals surface area contributed by atoms with Crippen molar-refractivity contribution in [2.45, 2.75) is 33.3 Å². The molecule has 1 N–H and O–H groups in total. The highest BCUT2D eigenvalue weighted by Gasteiger charge is 2.02. The van der Waals surface area contributed by atoms with E-state index in [4.69, 9.17) is 9.84 Å². The first-order chi connectivity index (χ1) is 7.24. The van der Waals surface area contributed by atoms with Crippen LogP contribution in [0.5, 0.6) is 5.75 Å². The summed E-state index contributed by atoms with van der Waals surface area (Å²) in [5.41, 5.74) is 0.801. The summed E-state index contributed by atoms with van der Waals surface area (Å²) in [5, 5.41) is 9.06. The van der Waals surface area contributed by atoms with Crippen LogP contribution in [0.3, 0.4) is 0 Å². The number of nitrogens with zero attached hydrogens (tertiary/aromatic N) is 1. The van der Waals surface area contributed by atoms with Crippen molar-refractivity contribution >= 4 is 0 Å². The Labute approximate surface area is 91.1 Å². The van der Waals surface area contributed by atoms with Gasteiger partial charge in [0.15, 0.2) is 0 Å². The quantitative estimate of drug-likeness (QED) is 0.731. The Kier molecular flexibility index (Phi) is 5.12. The number of aliphatic hydroxyl groups excluding tert-OH is 1. The molecule has 0 aromatic carbocycles. The van der Waals surface area contributed by atoms with Gasteiger partial charge in [-0.2, -0.15) is 0 Å². The van der Waals surface area contributed by atoms with E-state index < -0.39 is 0 Å². The van der Waals surface area contributed by atoms with Crippen molar-refractivity contribution in [3.63, 3.8) is 0 Å². The maximum atomic E-state index is 9.06. The van der Waals surface area contributed by atoms with Crippen LogP contribution in [0, 0.1) is 5.92 Å². The van der Waals surface area contributed by atoms with E-state index in [2.05, 4.69) is 18.8 Å². The molecule has 0 aliphatic rings. The molecule has 0 bridgehead atoms. The van der Waals surface area contributed by atoms with E-state index in [0.717, 1.165) is 18.4 Å². The van der Waals surface area contributed by atoms with Crippen molar-refractivity contribution in [3.8, 4) is 5.75 Å². The van der Waals surface area contributed by atoms with Gasteiger partial charge >= 0.3 is 0 Å². The second kappa shape index (κ2) is 6.40. The highest BCUT2D eigenvalue weighted by Crippen LogP contribution is 2.16. The summed E-state index contributed by atoms with van der Waals surface area (Å²) < 4.78 is 5.56. The molecule has 0 atom stereocenters. The van der Waals surface area contributed by atoms with Crippen LogP contribution in [0.1, 0.15) is 32.3 Å². The SMILES string of the molecule is CC(C)CCCOc1cnccc1CO. The van der Waals surface area contributed by atoms with Crippen molar-refractivity contribution in [1.29, 1.82) is 0 Å². The summed E-state index contributed by atoms with van der Waals surface area (Å²) in [5.74, 6) is 1.41. The zero-order valence-electron chi connectivity index (χ0n) is 9.44. The molecule has 0 aliphatic carbocycles. The van der Waals surface area contributed by atoms with E-state index in [-0.39, 0.29) is 6.61 Å². The Morgan fingerprint density at radius 2 is 2.27 bits per heavy atom. The first kappa shape index (κ1) is 12.0. The largest absolute Gasteiger partial charge is 0.492 e. The molecule has 1 heterocycles. The third-order valence-electron chi connectivity index (χ3n) is 2.22. The summed E-state index contributed by atoms with van der Waals surface area (Å²) in [7, 11) is 0. The van der Waals surface area contributed by atoms with Gasteiger partial charge in [-0.25, -0.2) is 0 Å². The highest BCUT2D eigenvalue weighted by molar-refractivity contribution is 5.28. The van der Waals surface area contributed by atoms with Gasteiger partial charge in [-0.15, -0.1) is 0 Å². The molecule has 84 valence electrons. The molecule has 1 rings (SSSR count). The van der Waals surface area contributed by atoms with Crippen LogP contribution in [0.2, 0.25) is 0 Å².